The summed E-state index contributed by atoms with van der Waals surface area (Å²) < 4.78 is 17.4. The summed E-state index contributed by atoms with van der Waals surface area (Å²) in [7, 11) is 1.56. The van der Waals surface area contributed by atoms with Crippen LogP contribution in [0.4, 0.5) is 0 Å². The maximum Gasteiger partial charge on any atom is 0.277 e. The number of hydrazone groups is 1. The normalized spacial score (nSPS) is 10.7. The smallest absolute Gasteiger partial charge is 0.277 e. The second-order valence-electron chi connectivity index (χ2n) is 6.31. The number of para-hydroxylation sites is 1. The number of hydrogen-bond acceptors (Lipinski definition) is 5. The molecule has 0 spiro atoms. The predicted octanol–water partition coefficient (Wildman–Crippen LogP) is 5.22. The lowest BCUT2D eigenvalue weighted by atomic mass is 10.2. The number of methoxy groups -OCH3 is 1. The molecule has 0 aromatic heterocycles. The fourth-order valence-electron chi connectivity index (χ4n) is 2.57. The van der Waals surface area contributed by atoms with Gasteiger partial charge >= 0.3 is 0 Å². The van der Waals surface area contributed by atoms with Crippen molar-refractivity contribution in [1.29, 1.82) is 0 Å². The molecular formula is C23H20BrClN2O4. The summed E-state index contributed by atoms with van der Waals surface area (Å²) in [5.41, 5.74) is 4.17. The number of amides is 1. The van der Waals surface area contributed by atoms with Crippen LogP contribution in [-0.2, 0) is 11.4 Å². The van der Waals surface area contributed by atoms with Crippen molar-refractivity contribution in [1.82, 2.24) is 5.43 Å². The zero-order valence-corrected chi connectivity index (χ0v) is 19.0. The van der Waals surface area contributed by atoms with E-state index in [1.165, 1.54) is 6.21 Å². The number of nitrogens with one attached hydrogen (secondary N) is 1. The Kier molecular flexibility index (Phi) is 8.32. The van der Waals surface area contributed by atoms with Crippen LogP contribution in [0.25, 0.3) is 0 Å². The lowest BCUT2D eigenvalue weighted by molar-refractivity contribution is -0.123. The van der Waals surface area contributed by atoms with Crippen LogP contribution in [0.3, 0.4) is 0 Å². The third-order valence-electron chi connectivity index (χ3n) is 4.11. The molecule has 0 saturated heterocycles. The highest BCUT2D eigenvalue weighted by molar-refractivity contribution is 9.10. The Labute approximate surface area is 193 Å². The van der Waals surface area contributed by atoms with E-state index in [2.05, 4.69) is 26.5 Å². The number of hydrogen-bond donors (Lipinski definition) is 1. The van der Waals surface area contributed by atoms with Gasteiger partial charge in [-0.25, -0.2) is 5.43 Å². The van der Waals surface area contributed by atoms with Crippen LogP contribution < -0.4 is 19.6 Å². The largest absolute Gasteiger partial charge is 0.493 e. The topological polar surface area (TPSA) is 69.2 Å². The Morgan fingerprint density at radius 2 is 1.77 bits per heavy atom. The first-order valence-corrected chi connectivity index (χ1v) is 10.5. The number of carbonyl (C=O) groups is 1. The van der Waals surface area contributed by atoms with E-state index in [-0.39, 0.29) is 6.61 Å². The van der Waals surface area contributed by atoms with E-state index < -0.39 is 5.91 Å². The number of nitrogens with zero attached hydrogens (tertiary/aromatic N) is 1. The van der Waals surface area contributed by atoms with Crippen molar-refractivity contribution in [3.63, 3.8) is 0 Å². The van der Waals surface area contributed by atoms with Crippen LogP contribution in [0, 0.1) is 0 Å². The number of carbonyl (C=O) groups excluding carboxylic acids is 1. The van der Waals surface area contributed by atoms with Gasteiger partial charge in [-0.1, -0.05) is 54.1 Å². The average Bonchev–Trinajstić information content (AvgIpc) is 2.79. The van der Waals surface area contributed by atoms with E-state index in [4.69, 9.17) is 25.8 Å². The third-order valence-corrected chi connectivity index (χ3v) is 5.11. The van der Waals surface area contributed by atoms with E-state index in [1.54, 1.807) is 43.5 Å². The molecule has 0 fully saturated rings. The summed E-state index contributed by atoms with van der Waals surface area (Å²) in [4.78, 5) is 12.0. The summed E-state index contributed by atoms with van der Waals surface area (Å²) in [6, 6.07) is 20.3. The summed E-state index contributed by atoms with van der Waals surface area (Å²) in [5, 5.41) is 4.41. The average molecular weight is 504 g/mol. The van der Waals surface area contributed by atoms with Crippen LogP contribution in [-0.4, -0.2) is 25.8 Å². The minimum absolute atomic E-state index is 0.210. The first kappa shape index (κ1) is 22.7. The molecule has 0 unspecified atom stereocenters. The summed E-state index contributed by atoms with van der Waals surface area (Å²) >= 11 is 9.49. The molecule has 3 aromatic carbocycles. The minimum atomic E-state index is -0.415. The predicted molar refractivity (Wildman–Crippen MR) is 124 cm³/mol. The van der Waals surface area contributed by atoms with Crippen LogP contribution in [0.15, 0.2) is 76.3 Å². The molecule has 0 atom stereocenters. The summed E-state index contributed by atoms with van der Waals surface area (Å²) in [6.07, 6.45) is 1.50. The second kappa shape index (κ2) is 11.4. The molecule has 8 heteroatoms. The third kappa shape index (κ3) is 6.73. The van der Waals surface area contributed by atoms with Crippen molar-refractivity contribution < 1.29 is 19.0 Å². The van der Waals surface area contributed by atoms with Gasteiger partial charge in [-0.3, -0.25) is 4.79 Å². The Morgan fingerprint density at radius 1 is 1.03 bits per heavy atom. The minimum Gasteiger partial charge on any atom is -0.493 e. The Morgan fingerprint density at radius 3 is 2.52 bits per heavy atom. The van der Waals surface area contributed by atoms with E-state index >= 15 is 0 Å². The van der Waals surface area contributed by atoms with Gasteiger partial charge < -0.3 is 14.2 Å². The molecular weight excluding hydrogens is 484 g/mol. The van der Waals surface area contributed by atoms with Crippen molar-refractivity contribution in [3.8, 4) is 17.2 Å². The molecule has 0 heterocycles. The fraction of sp³-hybridized carbons (Fsp3) is 0.130. The summed E-state index contributed by atoms with van der Waals surface area (Å²) in [6.45, 7) is 0.205. The maximum absolute atomic E-state index is 12.0. The molecule has 1 N–H and O–H groups in total. The molecule has 1 amide bonds. The van der Waals surface area contributed by atoms with Gasteiger partial charge in [-0.15, -0.1) is 0 Å². The molecule has 3 aromatic rings. The van der Waals surface area contributed by atoms with Crippen molar-refractivity contribution in [2.75, 3.05) is 13.7 Å². The first-order chi connectivity index (χ1) is 15.1. The Balaban J connectivity index is 1.58. The van der Waals surface area contributed by atoms with Crippen molar-refractivity contribution in [2.24, 2.45) is 5.10 Å². The van der Waals surface area contributed by atoms with Crippen molar-refractivity contribution in [3.05, 3.63) is 87.4 Å². The van der Waals surface area contributed by atoms with Gasteiger partial charge in [0.15, 0.2) is 18.1 Å². The molecule has 3 rings (SSSR count). The molecule has 0 bridgehead atoms. The molecule has 0 aliphatic rings. The van der Waals surface area contributed by atoms with Gasteiger partial charge in [0.25, 0.3) is 5.91 Å². The zero-order valence-electron chi connectivity index (χ0n) is 16.7. The van der Waals surface area contributed by atoms with Crippen LogP contribution in [0.2, 0.25) is 5.02 Å². The van der Waals surface area contributed by atoms with Gasteiger partial charge in [0.1, 0.15) is 12.4 Å². The SMILES string of the molecule is COc1cc(/C=N\NC(=O)COc2ccccc2Cl)c(Br)cc1OCc1ccccc1. The molecule has 160 valence electrons. The van der Waals surface area contributed by atoms with E-state index in [0.29, 0.717) is 34.4 Å². The highest BCUT2D eigenvalue weighted by atomic mass is 79.9. The van der Waals surface area contributed by atoms with Crippen molar-refractivity contribution in [2.45, 2.75) is 6.61 Å². The number of ether oxygens (including phenoxy) is 3. The molecule has 31 heavy (non-hydrogen) atoms. The van der Waals surface area contributed by atoms with Crippen LogP contribution in [0.5, 0.6) is 17.2 Å². The Hall–Kier alpha value is -3.03. The Bertz CT molecular complexity index is 1060. The monoisotopic (exact) mass is 502 g/mol. The second-order valence-corrected chi connectivity index (χ2v) is 7.57. The zero-order chi connectivity index (χ0) is 22.1. The first-order valence-electron chi connectivity index (χ1n) is 9.30. The van der Waals surface area contributed by atoms with Crippen LogP contribution in [0.1, 0.15) is 11.1 Å². The molecule has 0 aliphatic carbocycles. The molecule has 0 radical (unpaired) electrons. The van der Waals surface area contributed by atoms with E-state index in [1.807, 2.05) is 30.3 Å². The summed E-state index contributed by atoms with van der Waals surface area (Å²) in [5.74, 6) is 1.16. The molecule has 0 aliphatic heterocycles. The lowest BCUT2D eigenvalue weighted by Gasteiger charge is -2.12. The highest BCUT2D eigenvalue weighted by Gasteiger charge is 2.10. The number of benzene rings is 3. The van der Waals surface area contributed by atoms with Gasteiger partial charge in [0.05, 0.1) is 18.3 Å². The number of rotatable bonds is 9. The molecule has 0 saturated carbocycles. The lowest BCUT2D eigenvalue weighted by Crippen LogP contribution is -2.24. The maximum atomic E-state index is 12.0. The van der Waals surface area contributed by atoms with Gasteiger partial charge in [0, 0.05) is 10.0 Å². The highest BCUT2D eigenvalue weighted by Crippen LogP contribution is 2.33. The fourth-order valence-corrected chi connectivity index (χ4v) is 3.18. The van der Waals surface area contributed by atoms with Gasteiger partial charge in [0.2, 0.25) is 0 Å². The number of halogens is 2. The van der Waals surface area contributed by atoms with Crippen molar-refractivity contribution >= 4 is 39.7 Å². The van der Waals surface area contributed by atoms with E-state index in [9.17, 15) is 4.79 Å². The standard InChI is InChI=1S/C23H20BrClN2O4/c1-29-21-11-17(18(24)12-22(21)30-14-16-7-3-2-4-8-16)13-26-27-23(28)15-31-20-10-6-5-9-19(20)25/h2-13H,14-15H2,1H3,(H,27,28)/b26-13-. The van der Waals surface area contributed by atoms with E-state index in [0.717, 1.165) is 10.0 Å². The van der Waals surface area contributed by atoms with Gasteiger partial charge in [-0.2, -0.15) is 5.10 Å². The van der Waals surface area contributed by atoms with Gasteiger partial charge in [-0.05, 0) is 45.8 Å². The van der Waals surface area contributed by atoms with Crippen LogP contribution >= 0.6 is 27.5 Å². The molecule has 6 nitrogen and oxygen atoms in total. The quantitative estimate of drug-likeness (QED) is 0.321.